The average molecular weight is 414 g/mol. The van der Waals surface area contributed by atoms with Gasteiger partial charge in [-0.2, -0.15) is 13.2 Å². The Labute approximate surface area is 162 Å². The van der Waals surface area contributed by atoms with E-state index < -0.39 is 42.5 Å². The first-order valence-corrected chi connectivity index (χ1v) is 8.62. The van der Waals surface area contributed by atoms with Crippen LogP contribution in [0.3, 0.4) is 0 Å². The van der Waals surface area contributed by atoms with Crippen molar-refractivity contribution in [2.45, 2.75) is 30.7 Å². The maximum absolute atomic E-state index is 14.4. The highest BCUT2D eigenvalue weighted by Crippen LogP contribution is 2.37. The molecule has 0 aliphatic carbocycles. The number of carbonyl (C=O) groups is 2. The number of nitrogens with two attached hydrogens (primary N) is 1. The summed E-state index contributed by atoms with van der Waals surface area (Å²) in [6.45, 7) is -0.228. The molecule has 0 bridgehead atoms. The number of carbonyl (C=O) groups excluding carboxylic acids is 2. The fraction of sp³-hybridized carbons (Fsp3) is 0.368. The van der Waals surface area contributed by atoms with Crippen LogP contribution in [0.15, 0.2) is 30.3 Å². The predicted molar refractivity (Wildman–Crippen MR) is 95.6 cm³/mol. The molecule has 2 amide bonds. The summed E-state index contributed by atoms with van der Waals surface area (Å²) in [6.07, 6.45) is -7.29. The van der Waals surface area contributed by atoms with E-state index in [0.717, 1.165) is 0 Å². The minimum Gasteiger partial charge on any atom is -0.496 e. The minimum atomic E-state index is -4.80. The van der Waals surface area contributed by atoms with Gasteiger partial charge in [0.2, 0.25) is 0 Å². The van der Waals surface area contributed by atoms with E-state index in [1.54, 1.807) is 24.3 Å². The molecule has 1 aliphatic rings. The van der Waals surface area contributed by atoms with E-state index in [-0.39, 0.29) is 17.9 Å². The number of rotatable bonds is 6. The normalized spacial score (nSPS) is 21.8. The fourth-order valence-corrected chi connectivity index (χ4v) is 3.37. The summed E-state index contributed by atoms with van der Waals surface area (Å²) in [7, 11) is 1.37. The Kier molecular flexibility index (Phi) is 5.29. The van der Waals surface area contributed by atoms with E-state index in [4.69, 9.17) is 15.2 Å². The molecule has 1 heterocycles. The molecule has 0 saturated carbocycles. The molecule has 156 valence electrons. The third kappa shape index (κ3) is 4.36. The molecule has 6 nitrogen and oxygen atoms in total. The fourth-order valence-electron chi connectivity index (χ4n) is 3.37. The van der Waals surface area contributed by atoms with Gasteiger partial charge in [0, 0.05) is 11.8 Å². The molecule has 2 aromatic carbocycles. The molecule has 0 spiro atoms. The lowest BCUT2D eigenvalue weighted by Gasteiger charge is -2.18. The molecule has 1 fully saturated rings. The van der Waals surface area contributed by atoms with E-state index in [2.05, 4.69) is 5.32 Å². The Morgan fingerprint density at radius 2 is 2.03 bits per heavy atom. The van der Waals surface area contributed by atoms with Crippen LogP contribution in [-0.4, -0.2) is 43.4 Å². The van der Waals surface area contributed by atoms with Gasteiger partial charge in [0.15, 0.2) is 5.67 Å². The van der Waals surface area contributed by atoms with Crippen LogP contribution in [0, 0.1) is 0 Å². The first-order valence-electron chi connectivity index (χ1n) is 8.62. The Hall–Kier alpha value is -3.04. The van der Waals surface area contributed by atoms with Gasteiger partial charge in [-0.1, -0.05) is 12.1 Å². The van der Waals surface area contributed by atoms with Gasteiger partial charge in [0.25, 0.3) is 11.8 Å². The predicted octanol–water partition coefficient (Wildman–Crippen LogP) is 2.88. The first kappa shape index (κ1) is 20.7. The number of halogens is 4. The molecule has 1 aliphatic heterocycles. The third-order valence-corrected chi connectivity index (χ3v) is 4.66. The molecule has 3 rings (SSSR count). The summed E-state index contributed by atoms with van der Waals surface area (Å²) >= 11 is 0. The number of ether oxygens (including phenoxy) is 2. The van der Waals surface area contributed by atoms with Crippen molar-refractivity contribution < 1.29 is 36.6 Å². The monoisotopic (exact) mass is 414 g/mol. The lowest BCUT2D eigenvalue weighted by molar-refractivity contribution is -0.168. The summed E-state index contributed by atoms with van der Waals surface area (Å²) in [6, 6.07) is 7.10. The summed E-state index contributed by atoms with van der Waals surface area (Å²) < 4.78 is 62.8. The van der Waals surface area contributed by atoms with Gasteiger partial charge in [0.1, 0.15) is 18.1 Å². The number of fused-ring (bicyclic) bond motifs is 1. The Morgan fingerprint density at radius 3 is 2.66 bits per heavy atom. The van der Waals surface area contributed by atoms with Crippen molar-refractivity contribution in [1.82, 2.24) is 5.32 Å². The SMILES string of the molecule is COc1cc2c(OCC3C[C@](F)(CC(F)(F)F)C(=O)N3)cccc2cc1C(N)=O. The average Bonchev–Trinajstić information content (AvgIpc) is 2.90. The van der Waals surface area contributed by atoms with Crippen LogP contribution in [0.25, 0.3) is 10.8 Å². The zero-order valence-corrected chi connectivity index (χ0v) is 15.3. The summed E-state index contributed by atoms with van der Waals surface area (Å²) in [5.74, 6) is -1.41. The number of nitrogens with one attached hydrogen (secondary N) is 1. The van der Waals surface area contributed by atoms with Gasteiger partial charge in [-0.05, 0) is 23.6 Å². The van der Waals surface area contributed by atoms with E-state index >= 15 is 0 Å². The van der Waals surface area contributed by atoms with Crippen molar-refractivity contribution in [1.29, 1.82) is 0 Å². The van der Waals surface area contributed by atoms with Crippen LogP contribution in [0.2, 0.25) is 0 Å². The lowest BCUT2D eigenvalue weighted by atomic mass is 9.97. The van der Waals surface area contributed by atoms with E-state index in [1.165, 1.54) is 13.2 Å². The number of amides is 2. The van der Waals surface area contributed by atoms with Crippen molar-refractivity contribution in [3.63, 3.8) is 0 Å². The highest BCUT2D eigenvalue weighted by Gasteiger charge is 2.54. The molecule has 3 N–H and O–H groups in total. The zero-order chi connectivity index (χ0) is 21.4. The highest BCUT2D eigenvalue weighted by molar-refractivity contribution is 6.02. The van der Waals surface area contributed by atoms with E-state index in [0.29, 0.717) is 16.5 Å². The van der Waals surface area contributed by atoms with Crippen molar-refractivity contribution in [3.05, 3.63) is 35.9 Å². The number of hydrogen-bond donors (Lipinski definition) is 2. The Bertz CT molecular complexity index is 963. The molecule has 29 heavy (non-hydrogen) atoms. The number of alkyl halides is 4. The standard InChI is InChI=1S/C19H18F4N2O4/c1-28-15-6-12-10(5-13(15)16(24)26)3-2-4-14(12)29-8-11-7-18(20,17(27)25-11)9-19(21,22)23/h2-6,11H,7-9H2,1H3,(H2,24,26)(H,25,27)/t11?,18-/m0/s1. The van der Waals surface area contributed by atoms with Crippen molar-refractivity contribution >= 4 is 22.6 Å². The second-order valence-electron chi connectivity index (χ2n) is 6.84. The molecular weight excluding hydrogens is 396 g/mol. The van der Waals surface area contributed by atoms with Gasteiger partial charge in [-0.3, -0.25) is 9.59 Å². The van der Waals surface area contributed by atoms with Crippen LogP contribution >= 0.6 is 0 Å². The van der Waals surface area contributed by atoms with Gasteiger partial charge in [-0.15, -0.1) is 0 Å². The summed E-state index contributed by atoms with van der Waals surface area (Å²) in [5, 5.41) is 3.38. The van der Waals surface area contributed by atoms with E-state index in [1.807, 2.05) is 0 Å². The quantitative estimate of drug-likeness (QED) is 0.712. The third-order valence-electron chi connectivity index (χ3n) is 4.66. The molecule has 1 unspecified atom stereocenters. The van der Waals surface area contributed by atoms with Crippen LogP contribution in [0.5, 0.6) is 11.5 Å². The van der Waals surface area contributed by atoms with Crippen LogP contribution in [-0.2, 0) is 4.79 Å². The smallest absolute Gasteiger partial charge is 0.392 e. The van der Waals surface area contributed by atoms with Crippen LogP contribution in [0.4, 0.5) is 17.6 Å². The minimum absolute atomic E-state index is 0.176. The summed E-state index contributed by atoms with van der Waals surface area (Å²) in [5.41, 5.74) is 2.50. The van der Waals surface area contributed by atoms with Crippen molar-refractivity contribution in [2.75, 3.05) is 13.7 Å². The highest BCUT2D eigenvalue weighted by atomic mass is 19.4. The van der Waals surface area contributed by atoms with Gasteiger partial charge in [-0.25, -0.2) is 4.39 Å². The summed E-state index contributed by atoms with van der Waals surface area (Å²) in [4.78, 5) is 23.2. The van der Waals surface area contributed by atoms with Gasteiger partial charge >= 0.3 is 6.18 Å². The van der Waals surface area contributed by atoms with Gasteiger partial charge in [0.05, 0.1) is 25.1 Å². The first-order chi connectivity index (χ1) is 13.5. The molecule has 2 atom stereocenters. The Morgan fingerprint density at radius 1 is 1.31 bits per heavy atom. The largest absolute Gasteiger partial charge is 0.496 e. The topological polar surface area (TPSA) is 90.7 Å². The second-order valence-corrected chi connectivity index (χ2v) is 6.84. The van der Waals surface area contributed by atoms with Gasteiger partial charge < -0.3 is 20.5 Å². The molecule has 2 aromatic rings. The molecule has 0 aromatic heterocycles. The van der Waals surface area contributed by atoms with Crippen molar-refractivity contribution in [2.24, 2.45) is 5.73 Å². The number of primary amides is 1. The Balaban J connectivity index is 1.79. The molecule has 1 saturated heterocycles. The van der Waals surface area contributed by atoms with Crippen LogP contribution < -0.4 is 20.5 Å². The molecular formula is C19H18F4N2O4. The molecule has 10 heteroatoms. The second kappa shape index (κ2) is 7.41. The zero-order valence-electron chi connectivity index (χ0n) is 15.3. The van der Waals surface area contributed by atoms with E-state index in [9.17, 15) is 27.2 Å². The number of methoxy groups -OCH3 is 1. The maximum Gasteiger partial charge on any atom is 0.392 e. The number of hydrogen-bond acceptors (Lipinski definition) is 4. The number of benzene rings is 2. The van der Waals surface area contributed by atoms with Crippen LogP contribution in [0.1, 0.15) is 23.2 Å². The molecule has 0 radical (unpaired) electrons. The maximum atomic E-state index is 14.4. The lowest BCUT2D eigenvalue weighted by Crippen LogP contribution is -2.38. The van der Waals surface area contributed by atoms with Crippen molar-refractivity contribution in [3.8, 4) is 11.5 Å².